The fraction of sp³-hybridized carbons (Fsp3) is 0.300. The average molecular weight is 540 g/mol. The van der Waals surface area contributed by atoms with Gasteiger partial charge in [-0.05, 0) is 24.6 Å². The van der Waals surface area contributed by atoms with Crippen LogP contribution >= 0.6 is 48.0 Å². The Morgan fingerprint density at radius 1 is 0.806 bits per heavy atom. The van der Waals surface area contributed by atoms with Crippen molar-refractivity contribution in [2.45, 2.75) is 13.8 Å². The SMILES string of the molecule is CSC(=S)N(C)N=Cc1cccc(C)[nH+]1.CSC(=S)N(C)N=Cc1cccc(C)[nH+]1.[Co+2]. The number of hydrogen-bond acceptors (Lipinski definition) is 6. The number of aromatic nitrogens is 2. The van der Waals surface area contributed by atoms with Crippen molar-refractivity contribution in [3.63, 3.8) is 0 Å². The van der Waals surface area contributed by atoms with E-state index < -0.39 is 0 Å². The van der Waals surface area contributed by atoms with Gasteiger partial charge in [0.25, 0.3) is 0 Å². The van der Waals surface area contributed by atoms with Crippen molar-refractivity contribution >= 4 is 69.0 Å². The summed E-state index contributed by atoms with van der Waals surface area (Å²) in [6.07, 6.45) is 7.39. The molecule has 0 atom stereocenters. The number of thiocarbonyl (C=S) groups is 2. The first-order valence-corrected chi connectivity index (χ1v) is 12.2. The quantitative estimate of drug-likeness (QED) is 0.337. The third kappa shape index (κ3) is 12.3. The van der Waals surface area contributed by atoms with Crippen molar-refractivity contribution in [2.24, 2.45) is 10.2 Å². The standard InChI is InChI=1S/2C10H13N3S2.Co/c2*1-8-5-4-6-9(12-8)7-11-13(2)10(14)15-3;/h2*4-7H,1-3H3;/q;;+2/p+2. The molecule has 0 spiro atoms. The molecular formula is C20H28CoN6S4+4. The molecule has 6 nitrogen and oxygen atoms in total. The molecule has 11 heteroatoms. The van der Waals surface area contributed by atoms with Crippen LogP contribution in [0.2, 0.25) is 0 Å². The zero-order valence-corrected chi connectivity index (χ0v) is 22.7. The van der Waals surface area contributed by atoms with E-state index in [2.05, 4.69) is 20.2 Å². The van der Waals surface area contributed by atoms with Gasteiger partial charge in [-0.1, -0.05) is 48.0 Å². The van der Waals surface area contributed by atoms with Gasteiger partial charge in [0, 0.05) is 52.2 Å². The summed E-state index contributed by atoms with van der Waals surface area (Å²) in [4.78, 5) is 6.39. The Kier molecular flexibility index (Phi) is 15.6. The van der Waals surface area contributed by atoms with Crippen molar-refractivity contribution < 1.29 is 26.7 Å². The van der Waals surface area contributed by atoms with Gasteiger partial charge in [-0.2, -0.15) is 10.2 Å². The van der Waals surface area contributed by atoms with Crippen molar-refractivity contribution in [1.29, 1.82) is 0 Å². The predicted molar refractivity (Wildman–Crippen MR) is 138 cm³/mol. The fourth-order valence-electron chi connectivity index (χ4n) is 2.02. The normalized spacial score (nSPS) is 10.3. The van der Waals surface area contributed by atoms with Crippen LogP contribution in [0.3, 0.4) is 0 Å². The summed E-state index contributed by atoms with van der Waals surface area (Å²) in [5, 5.41) is 11.8. The monoisotopic (exact) mass is 539 g/mol. The molecule has 0 saturated heterocycles. The zero-order valence-electron chi connectivity index (χ0n) is 18.4. The van der Waals surface area contributed by atoms with Crippen molar-refractivity contribution in [2.75, 3.05) is 26.6 Å². The van der Waals surface area contributed by atoms with E-state index in [9.17, 15) is 0 Å². The summed E-state index contributed by atoms with van der Waals surface area (Å²) in [6.45, 7) is 4.02. The number of thioether (sulfide) groups is 2. The molecule has 2 aromatic rings. The average Bonchev–Trinajstić information content (AvgIpc) is 2.75. The summed E-state index contributed by atoms with van der Waals surface area (Å²) in [5.41, 5.74) is 4.14. The second-order valence-corrected chi connectivity index (χ2v) is 8.93. The smallest absolute Gasteiger partial charge is 0.252 e. The molecule has 2 heterocycles. The molecule has 1 radical (unpaired) electrons. The second kappa shape index (κ2) is 16.3. The van der Waals surface area contributed by atoms with E-state index in [0.717, 1.165) is 31.4 Å². The number of pyridine rings is 2. The third-order valence-electron chi connectivity index (χ3n) is 3.54. The Bertz CT molecular complexity index is 833. The molecule has 2 rings (SSSR count). The molecule has 2 aromatic heterocycles. The molecule has 167 valence electrons. The molecule has 0 amide bonds. The Hall–Kier alpha value is -1.37. The number of nitrogens with zero attached hydrogens (tertiary/aromatic N) is 4. The van der Waals surface area contributed by atoms with Gasteiger partial charge < -0.3 is 0 Å². The molecule has 0 aliphatic carbocycles. The van der Waals surface area contributed by atoms with Gasteiger partial charge >= 0.3 is 16.8 Å². The first-order valence-electron chi connectivity index (χ1n) is 8.96. The largest absolute Gasteiger partial charge is 2.00 e. The summed E-state index contributed by atoms with van der Waals surface area (Å²) in [7, 11) is 3.68. The summed E-state index contributed by atoms with van der Waals surface area (Å²) < 4.78 is 1.50. The Morgan fingerprint density at radius 3 is 1.45 bits per heavy atom. The first kappa shape index (κ1) is 29.6. The minimum Gasteiger partial charge on any atom is -0.252 e. The molecule has 0 unspecified atom stereocenters. The predicted octanol–water partition coefficient (Wildman–Crippen LogP) is 3.44. The second-order valence-electron chi connectivity index (χ2n) is 6.05. The van der Waals surface area contributed by atoms with Crippen LogP contribution in [-0.4, -0.2) is 57.7 Å². The molecule has 0 aliphatic heterocycles. The minimum atomic E-state index is 0. The van der Waals surface area contributed by atoms with Crippen LogP contribution in [0.15, 0.2) is 46.6 Å². The van der Waals surface area contributed by atoms with E-state index in [0.29, 0.717) is 0 Å². The van der Waals surface area contributed by atoms with E-state index in [1.165, 1.54) is 23.5 Å². The van der Waals surface area contributed by atoms with Crippen molar-refractivity contribution in [1.82, 2.24) is 10.0 Å². The number of aromatic amines is 2. The number of hydrogen-bond donors (Lipinski definition) is 0. The molecule has 0 bridgehead atoms. The third-order valence-corrected chi connectivity index (χ3v) is 6.30. The van der Waals surface area contributed by atoms with Gasteiger partial charge in [0.15, 0.2) is 20.0 Å². The maximum Gasteiger partial charge on any atom is 2.00 e. The van der Waals surface area contributed by atoms with Gasteiger partial charge in [-0.25, -0.2) is 9.97 Å². The number of hydrazone groups is 2. The van der Waals surface area contributed by atoms with E-state index in [4.69, 9.17) is 24.4 Å². The maximum absolute atomic E-state index is 5.08. The fourth-order valence-corrected chi connectivity index (χ4v) is 2.74. The van der Waals surface area contributed by atoms with Crippen LogP contribution in [0.25, 0.3) is 0 Å². The van der Waals surface area contributed by atoms with Crippen molar-refractivity contribution in [3.05, 3.63) is 59.2 Å². The number of nitrogens with one attached hydrogen (secondary N) is 2. The zero-order chi connectivity index (χ0) is 22.5. The van der Waals surface area contributed by atoms with E-state index in [-0.39, 0.29) is 16.8 Å². The summed E-state index contributed by atoms with van der Waals surface area (Å²) in [6, 6.07) is 11.9. The molecule has 2 N–H and O–H groups in total. The topological polar surface area (TPSA) is 59.5 Å². The van der Waals surface area contributed by atoms with Crippen LogP contribution in [0.4, 0.5) is 0 Å². The van der Waals surface area contributed by atoms with E-state index in [1.807, 2.05) is 76.9 Å². The van der Waals surface area contributed by atoms with E-state index in [1.54, 1.807) is 22.4 Å². The van der Waals surface area contributed by atoms with Crippen molar-refractivity contribution in [3.8, 4) is 0 Å². The van der Waals surface area contributed by atoms with Crippen LogP contribution in [-0.2, 0) is 16.8 Å². The van der Waals surface area contributed by atoms with E-state index >= 15 is 0 Å². The van der Waals surface area contributed by atoms with Gasteiger partial charge in [-0.3, -0.25) is 10.0 Å². The molecule has 0 fully saturated rings. The Morgan fingerprint density at radius 2 is 1.16 bits per heavy atom. The molecule has 0 aliphatic rings. The van der Waals surface area contributed by atoms with Crippen LogP contribution in [0.1, 0.15) is 22.8 Å². The maximum atomic E-state index is 5.08. The minimum absolute atomic E-state index is 0. The van der Waals surface area contributed by atoms with Crippen LogP contribution in [0, 0.1) is 13.8 Å². The summed E-state index contributed by atoms with van der Waals surface area (Å²) in [5.74, 6) is 0. The Balaban J connectivity index is 0.000000562. The molecular weight excluding hydrogens is 511 g/mol. The first-order chi connectivity index (χ1) is 14.3. The summed E-state index contributed by atoms with van der Waals surface area (Å²) >= 11 is 13.2. The van der Waals surface area contributed by atoms with Crippen LogP contribution < -0.4 is 9.97 Å². The number of H-pyrrole nitrogens is 2. The van der Waals surface area contributed by atoms with Gasteiger partial charge in [-0.15, -0.1) is 0 Å². The molecule has 31 heavy (non-hydrogen) atoms. The van der Waals surface area contributed by atoms with Gasteiger partial charge in [0.1, 0.15) is 12.4 Å². The van der Waals surface area contributed by atoms with Crippen LogP contribution in [0.5, 0.6) is 0 Å². The number of rotatable bonds is 4. The number of aryl methyl sites for hydroxylation is 2. The Labute approximate surface area is 214 Å². The molecule has 0 saturated carbocycles. The van der Waals surface area contributed by atoms with Gasteiger partial charge in [0.2, 0.25) is 11.4 Å². The molecule has 0 aromatic carbocycles. The van der Waals surface area contributed by atoms with Gasteiger partial charge in [0.05, 0.1) is 0 Å².